The molecule has 124 valence electrons. The molecule has 2 saturated heterocycles. The third kappa shape index (κ3) is 2.75. The number of aliphatic hydroxyl groups is 1. The van der Waals surface area contributed by atoms with Crippen LogP contribution in [0.2, 0.25) is 0 Å². The van der Waals surface area contributed by atoms with Gasteiger partial charge in [-0.15, -0.1) is 0 Å². The summed E-state index contributed by atoms with van der Waals surface area (Å²) in [6.45, 7) is 2.12. The number of nitrogens with zero attached hydrogens (tertiary/aromatic N) is 1. The summed E-state index contributed by atoms with van der Waals surface area (Å²) in [6.07, 6.45) is 3.26. The van der Waals surface area contributed by atoms with Crippen molar-refractivity contribution in [1.29, 1.82) is 0 Å². The summed E-state index contributed by atoms with van der Waals surface area (Å²) in [6, 6.07) is 0. The molecule has 2 N–H and O–H groups in total. The molecule has 2 aliphatic heterocycles. The average molecular weight is 313 g/mol. The zero-order valence-corrected chi connectivity index (χ0v) is 12.8. The predicted octanol–water partition coefficient (Wildman–Crippen LogP) is 0.690. The maximum absolute atomic E-state index is 12.6. The van der Waals surface area contributed by atoms with Gasteiger partial charge in [-0.25, -0.2) is 4.79 Å². The molecule has 0 bridgehead atoms. The highest BCUT2D eigenvalue weighted by Gasteiger charge is 2.52. The Morgan fingerprint density at radius 1 is 1.14 bits per heavy atom. The van der Waals surface area contributed by atoms with Crippen molar-refractivity contribution >= 4 is 17.7 Å². The molecule has 0 saturated carbocycles. The van der Waals surface area contributed by atoms with Crippen molar-refractivity contribution < 1.29 is 29.3 Å². The Morgan fingerprint density at radius 3 is 2.36 bits per heavy atom. The van der Waals surface area contributed by atoms with E-state index in [0.29, 0.717) is 25.7 Å². The molecule has 7 nitrogen and oxygen atoms in total. The van der Waals surface area contributed by atoms with Gasteiger partial charge in [-0.05, 0) is 38.5 Å². The summed E-state index contributed by atoms with van der Waals surface area (Å²) >= 11 is 0. The summed E-state index contributed by atoms with van der Waals surface area (Å²) in [4.78, 5) is 37.8. The van der Waals surface area contributed by atoms with Gasteiger partial charge >= 0.3 is 5.97 Å². The highest BCUT2D eigenvalue weighted by Crippen LogP contribution is 2.33. The number of carboxylic acid groups (broad SMARTS) is 1. The zero-order valence-electron chi connectivity index (χ0n) is 12.8. The number of ether oxygens (including phenoxy) is 1. The van der Waals surface area contributed by atoms with Crippen LogP contribution in [0.25, 0.3) is 0 Å². The van der Waals surface area contributed by atoms with Gasteiger partial charge in [-0.2, -0.15) is 0 Å². The number of hydrogen-bond acceptors (Lipinski definition) is 5. The lowest BCUT2D eigenvalue weighted by Crippen LogP contribution is -2.63. The molecule has 2 heterocycles. The molecule has 0 aromatic heterocycles. The molecule has 2 fully saturated rings. The van der Waals surface area contributed by atoms with Crippen molar-refractivity contribution in [2.24, 2.45) is 0 Å². The number of rotatable bonds is 4. The van der Waals surface area contributed by atoms with E-state index in [1.54, 1.807) is 6.92 Å². The molecule has 0 aliphatic carbocycles. The standard InChI is InChI=1S/C15H23NO6/c1-2-14(13(19)20)7-3-5-9-16(14)12(18)11(17)15(21)8-4-6-10-22-15/h21H,2-10H2,1H3,(H,19,20). The molecule has 0 radical (unpaired) electrons. The van der Waals surface area contributed by atoms with Crippen molar-refractivity contribution in [1.82, 2.24) is 4.90 Å². The Kier molecular flexibility index (Phi) is 4.87. The van der Waals surface area contributed by atoms with E-state index in [9.17, 15) is 24.6 Å². The molecular formula is C15H23NO6. The van der Waals surface area contributed by atoms with Crippen LogP contribution in [0.4, 0.5) is 0 Å². The lowest BCUT2D eigenvalue weighted by atomic mass is 9.83. The van der Waals surface area contributed by atoms with Crippen molar-refractivity contribution in [2.75, 3.05) is 13.2 Å². The molecule has 1 amide bonds. The Labute approximate surface area is 129 Å². The van der Waals surface area contributed by atoms with Crippen LogP contribution in [0.5, 0.6) is 0 Å². The molecule has 7 heteroatoms. The van der Waals surface area contributed by atoms with E-state index in [4.69, 9.17) is 4.74 Å². The fourth-order valence-electron chi connectivity index (χ4n) is 3.32. The first kappa shape index (κ1) is 16.9. The fraction of sp³-hybridized carbons (Fsp3) is 0.800. The summed E-state index contributed by atoms with van der Waals surface area (Å²) in [5.41, 5.74) is -1.37. The normalized spacial score (nSPS) is 32.5. The third-order valence-corrected chi connectivity index (χ3v) is 4.77. The average Bonchev–Trinajstić information content (AvgIpc) is 2.53. The summed E-state index contributed by atoms with van der Waals surface area (Å²) < 4.78 is 5.11. The predicted molar refractivity (Wildman–Crippen MR) is 76.0 cm³/mol. The van der Waals surface area contributed by atoms with Crippen LogP contribution in [0.15, 0.2) is 0 Å². The number of Topliss-reactive ketones (excluding diaryl/α,β-unsaturated/α-hetero) is 1. The highest BCUT2D eigenvalue weighted by atomic mass is 16.6. The second kappa shape index (κ2) is 6.34. The van der Waals surface area contributed by atoms with Gasteiger partial charge in [0.25, 0.3) is 11.7 Å². The molecule has 2 rings (SSSR count). The van der Waals surface area contributed by atoms with Gasteiger partial charge in [0, 0.05) is 13.0 Å². The first-order valence-electron chi connectivity index (χ1n) is 7.83. The Balaban J connectivity index is 2.25. The van der Waals surface area contributed by atoms with E-state index in [0.717, 1.165) is 11.3 Å². The minimum absolute atomic E-state index is 0.0671. The summed E-state index contributed by atoms with van der Waals surface area (Å²) in [5, 5.41) is 19.8. The summed E-state index contributed by atoms with van der Waals surface area (Å²) in [7, 11) is 0. The number of hydrogen-bond donors (Lipinski definition) is 2. The van der Waals surface area contributed by atoms with Crippen LogP contribution in [0.1, 0.15) is 51.9 Å². The first-order valence-corrected chi connectivity index (χ1v) is 7.83. The number of likely N-dealkylation sites (tertiary alicyclic amines) is 1. The van der Waals surface area contributed by atoms with Crippen molar-refractivity contribution in [3.8, 4) is 0 Å². The van der Waals surface area contributed by atoms with Crippen molar-refractivity contribution in [2.45, 2.75) is 63.2 Å². The monoisotopic (exact) mass is 313 g/mol. The van der Waals surface area contributed by atoms with Gasteiger partial charge < -0.3 is 19.8 Å². The molecule has 2 atom stereocenters. The topological polar surface area (TPSA) is 104 Å². The quantitative estimate of drug-likeness (QED) is 0.740. The number of amides is 1. The van der Waals surface area contributed by atoms with Crippen LogP contribution in [0, 0.1) is 0 Å². The zero-order chi connectivity index (χ0) is 16.4. The SMILES string of the molecule is CCC1(C(=O)O)CCCCN1C(=O)C(=O)C1(O)CCCCO1. The van der Waals surface area contributed by atoms with E-state index in [-0.39, 0.29) is 26.0 Å². The molecule has 2 unspecified atom stereocenters. The van der Waals surface area contributed by atoms with Crippen LogP contribution < -0.4 is 0 Å². The van der Waals surface area contributed by atoms with Crippen LogP contribution >= 0.6 is 0 Å². The van der Waals surface area contributed by atoms with Crippen LogP contribution in [-0.2, 0) is 19.1 Å². The number of aliphatic carboxylic acids is 1. The molecule has 0 spiro atoms. The van der Waals surface area contributed by atoms with E-state index >= 15 is 0 Å². The van der Waals surface area contributed by atoms with E-state index in [1.165, 1.54) is 0 Å². The summed E-state index contributed by atoms with van der Waals surface area (Å²) in [5.74, 6) is -5.21. The van der Waals surface area contributed by atoms with Gasteiger partial charge in [0.05, 0.1) is 6.61 Å². The minimum Gasteiger partial charge on any atom is -0.479 e. The molecule has 0 aromatic carbocycles. The largest absolute Gasteiger partial charge is 0.479 e. The number of carbonyl (C=O) groups excluding carboxylic acids is 2. The van der Waals surface area contributed by atoms with E-state index in [2.05, 4.69) is 0 Å². The van der Waals surface area contributed by atoms with Crippen molar-refractivity contribution in [3.63, 3.8) is 0 Å². The number of piperidine rings is 1. The maximum atomic E-state index is 12.6. The van der Waals surface area contributed by atoms with Gasteiger partial charge in [0.1, 0.15) is 5.54 Å². The van der Waals surface area contributed by atoms with Gasteiger partial charge in [-0.3, -0.25) is 9.59 Å². The van der Waals surface area contributed by atoms with E-state index < -0.39 is 29.0 Å². The number of carbonyl (C=O) groups is 3. The van der Waals surface area contributed by atoms with Gasteiger partial charge in [-0.1, -0.05) is 6.92 Å². The minimum atomic E-state index is -2.11. The number of ketones is 1. The van der Waals surface area contributed by atoms with Crippen LogP contribution in [0.3, 0.4) is 0 Å². The van der Waals surface area contributed by atoms with Gasteiger partial charge in [0.2, 0.25) is 5.79 Å². The lowest BCUT2D eigenvalue weighted by Gasteiger charge is -2.44. The molecule has 2 aliphatic rings. The van der Waals surface area contributed by atoms with E-state index in [1.807, 2.05) is 0 Å². The Morgan fingerprint density at radius 2 is 1.82 bits per heavy atom. The fourth-order valence-corrected chi connectivity index (χ4v) is 3.32. The Hall–Kier alpha value is -1.47. The molecular weight excluding hydrogens is 290 g/mol. The second-order valence-electron chi connectivity index (χ2n) is 6.02. The first-order chi connectivity index (χ1) is 10.4. The van der Waals surface area contributed by atoms with Gasteiger partial charge in [0.15, 0.2) is 0 Å². The van der Waals surface area contributed by atoms with Crippen LogP contribution in [-0.4, -0.2) is 57.3 Å². The highest BCUT2D eigenvalue weighted by molar-refractivity contribution is 6.39. The number of carboxylic acids is 1. The third-order valence-electron chi connectivity index (χ3n) is 4.77. The lowest BCUT2D eigenvalue weighted by molar-refractivity contribution is -0.221. The maximum Gasteiger partial charge on any atom is 0.329 e. The Bertz CT molecular complexity index is 471. The van der Waals surface area contributed by atoms with Crippen molar-refractivity contribution in [3.05, 3.63) is 0 Å². The molecule has 0 aromatic rings. The molecule has 22 heavy (non-hydrogen) atoms. The smallest absolute Gasteiger partial charge is 0.329 e. The second-order valence-corrected chi connectivity index (χ2v) is 6.02.